The van der Waals surface area contributed by atoms with Crippen molar-refractivity contribution in [3.63, 3.8) is 0 Å². The number of nitrogens with one attached hydrogen (secondary N) is 2. The number of morpholine rings is 1. The first-order valence-corrected chi connectivity index (χ1v) is 5.47. The van der Waals surface area contributed by atoms with E-state index >= 15 is 0 Å². The fraction of sp³-hybridized carbons (Fsp3) is 1.00. The average Bonchev–Trinajstić information content (AvgIpc) is 2.98. The van der Waals surface area contributed by atoms with Gasteiger partial charge in [-0.15, -0.1) is 0 Å². The van der Waals surface area contributed by atoms with Gasteiger partial charge in [0.15, 0.2) is 0 Å². The van der Waals surface area contributed by atoms with Gasteiger partial charge in [0.2, 0.25) is 0 Å². The summed E-state index contributed by atoms with van der Waals surface area (Å²) in [7, 11) is 0. The number of ether oxygens (including phenoxy) is 1. The number of rotatable bonds is 5. The molecule has 0 radical (unpaired) electrons. The lowest BCUT2D eigenvalue weighted by Crippen LogP contribution is -2.42. The van der Waals surface area contributed by atoms with Gasteiger partial charge in [0.1, 0.15) is 0 Å². The zero-order valence-electron chi connectivity index (χ0n) is 8.22. The summed E-state index contributed by atoms with van der Waals surface area (Å²) in [6.07, 6.45) is 4.09. The Morgan fingerprint density at radius 2 is 2.31 bits per heavy atom. The lowest BCUT2D eigenvalue weighted by Gasteiger charge is -2.23. The van der Waals surface area contributed by atoms with E-state index in [0.29, 0.717) is 6.04 Å². The van der Waals surface area contributed by atoms with Crippen molar-refractivity contribution >= 4 is 0 Å². The highest BCUT2D eigenvalue weighted by molar-refractivity contribution is 4.76. The molecule has 3 heteroatoms. The Labute approximate surface area is 80.2 Å². The molecule has 2 fully saturated rings. The van der Waals surface area contributed by atoms with Gasteiger partial charge in [0, 0.05) is 12.6 Å². The van der Waals surface area contributed by atoms with Gasteiger partial charge in [-0.1, -0.05) is 0 Å². The van der Waals surface area contributed by atoms with E-state index in [1.165, 1.54) is 25.8 Å². The van der Waals surface area contributed by atoms with E-state index in [1.807, 2.05) is 0 Å². The number of hydrogen-bond donors (Lipinski definition) is 2. The highest BCUT2D eigenvalue weighted by Gasteiger charge is 2.20. The maximum Gasteiger partial charge on any atom is 0.0620 e. The van der Waals surface area contributed by atoms with Crippen molar-refractivity contribution in [3.05, 3.63) is 0 Å². The van der Waals surface area contributed by atoms with Crippen LogP contribution in [0, 0.1) is 5.92 Å². The highest BCUT2D eigenvalue weighted by Crippen LogP contribution is 2.27. The van der Waals surface area contributed by atoms with Crippen LogP contribution in [0.2, 0.25) is 0 Å². The normalized spacial score (nSPS) is 29.1. The molecule has 1 saturated carbocycles. The van der Waals surface area contributed by atoms with Gasteiger partial charge in [0.05, 0.1) is 13.2 Å². The second-order valence-corrected chi connectivity index (χ2v) is 4.16. The zero-order chi connectivity index (χ0) is 8.93. The molecule has 0 bridgehead atoms. The fourth-order valence-corrected chi connectivity index (χ4v) is 1.71. The van der Waals surface area contributed by atoms with E-state index in [-0.39, 0.29) is 0 Å². The summed E-state index contributed by atoms with van der Waals surface area (Å²) in [4.78, 5) is 0. The molecule has 2 rings (SSSR count). The molecule has 1 aliphatic heterocycles. The monoisotopic (exact) mass is 184 g/mol. The molecule has 0 aromatic carbocycles. The van der Waals surface area contributed by atoms with Crippen molar-refractivity contribution in [2.45, 2.75) is 25.3 Å². The van der Waals surface area contributed by atoms with Crippen LogP contribution < -0.4 is 10.6 Å². The van der Waals surface area contributed by atoms with Gasteiger partial charge < -0.3 is 15.4 Å². The average molecular weight is 184 g/mol. The molecule has 13 heavy (non-hydrogen) atoms. The lowest BCUT2D eigenvalue weighted by atomic mass is 10.2. The first kappa shape index (κ1) is 9.44. The molecule has 0 aromatic heterocycles. The second-order valence-electron chi connectivity index (χ2n) is 4.16. The molecule has 0 aromatic rings. The summed E-state index contributed by atoms with van der Waals surface area (Å²) in [6.45, 7) is 5.16. The minimum atomic E-state index is 0.584. The molecule has 0 spiro atoms. The third-order valence-electron chi connectivity index (χ3n) is 2.80. The molecule has 3 nitrogen and oxygen atoms in total. The maximum absolute atomic E-state index is 5.38. The van der Waals surface area contributed by atoms with Crippen LogP contribution in [-0.4, -0.2) is 38.9 Å². The topological polar surface area (TPSA) is 33.3 Å². The molecule has 0 amide bonds. The molecular formula is C10H20N2O. The summed E-state index contributed by atoms with van der Waals surface area (Å²) < 4.78 is 5.38. The third kappa shape index (κ3) is 3.63. The van der Waals surface area contributed by atoms with Crippen LogP contribution in [0.4, 0.5) is 0 Å². The van der Waals surface area contributed by atoms with Crippen LogP contribution in [0.15, 0.2) is 0 Å². The molecule has 1 unspecified atom stereocenters. The van der Waals surface area contributed by atoms with Crippen LogP contribution in [0.3, 0.4) is 0 Å². The van der Waals surface area contributed by atoms with Crippen molar-refractivity contribution in [2.24, 2.45) is 5.92 Å². The Kier molecular flexibility index (Phi) is 3.58. The standard InChI is InChI=1S/C10H20N2O/c1-2-9(1)7-11-4-3-10-8-13-6-5-12-10/h9-12H,1-8H2. The van der Waals surface area contributed by atoms with Gasteiger partial charge in [-0.2, -0.15) is 0 Å². The van der Waals surface area contributed by atoms with Crippen LogP contribution >= 0.6 is 0 Å². The van der Waals surface area contributed by atoms with Crippen LogP contribution in [0.1, 0.15) is 19.3 Å². The number of hydrogen-bond acceptors (Lipinski definition) is 3. The lowest BCUT2D eigenvalue weighted by molar-refractivity contribution is 0.0742. The van der Waals surface area contributed by atoms with Crippen LogP contribution in [0.25, 0.3) is 0 Å². The van der Waals surface area contributed by atoms with E-state index in [1.54, 1.807) is 0 Å². The molecule has 76 valence electrons. The first-order chi connectivity index (χ1) is 6.45. The molecule has 1 atom stereocenters. The van der Waals surface area contributed by atoms with E-state index in [9.17, 15) is 0 Å². The van der Waals surface area contributed by atoms with E-state index in [2.05, 4.69) is 10.6 Å². The van der Waals surface area contributed by atoms with Crippen molar-refractivity contribution in [3.8, 4) is 0 Å². The van der Waals surface area contributed by atoms with Crippen molar-refractivity contribution < 1.29 is 4.74 Å². The largest absolute Gasteiger partial charge is 0.379 e. The highest BCUT2D eigenvalue weighted by atomic mass is 16.5. The van der Waals surface area contributed by atoms with Crippen molar-refractivity contribution in [1.29, 1.82) is 0 Å². The minimum Gasteiger partial charge on any atom is -0.379 e. The molecule has 1 heterocycles. The molecular weight excluding hydrogens is 164 g/mol. The Hall–Kier alpha value is -0.120. The molecule has 1 aliphatic carbocycles. The quantitative estimate of drug-likeness (QED) is 0.605. The van der Waals surface area contributed by atoms with Gasteiger partial charge >= 0.3 is 0 Å². The van der Waals surface area contributed by atoms with E-state index in [0.717, 1.165) is 32.2 Å². The zero-order valence-corrected chi connectivity index (χ0v) is 8.22. The first-order valence-electron chi connectivity index (χ1n) is 5.47. The Morgan fingerprint density at radius 3 is 3.00 bits per heavy atom. The van der Waals surface area contributed by atoms with Crippen LogP contribution in [-0.2, 0) is 4.74 Å². The van der Waals surface area contributed by atoms with Crippen molar-refractivity contribution in [2.75, 3.05) is 32.8 Å². The van der Waals surface area contributed by atoms with E-state index in [4.69, 9.17) is 4.74 Å². The minimum absolute atomic E-state index is 0.584. The molecule has 2 N–H and O–H groups in total. The summed E-state index contributed by atoms with van der Waals surface area (Å²) in [6, 6.07) is 0.584. The molecule has 1 saturated heterocycles. The van der Waals surface area contributed by atoms with Crippen molar-refractivity contribution in [1.82, 2.24) is 10.6 Å². The maximum atomic E-state index is 5.38. The predicted molar refractivity (Wildman–Crippen MR) is 52.8 cm³/mol. The van der Waals surface area contributed by atoms with Crippen LogP contribution in [0.5, 0.6) is 0 Å². The van der Waals surface area contributed by atoms with E-state index < -0.39 is 0 Å². The molecule has 2 aliphatic rings. The van der Waals surface area contributed by atoms with Gasteiger partial charge in [-0.25, -0.2) is 0 Å². The predicted octanol–water partition coefficient (Wildman–Crippen LogP) is 0.364. The van der Waals surface area contributed by atoms with Gasteiger partial charge in [-0.3, -0.25) is 0 Å². The second kappa shape index (κ2) is 4.94. The Bertz CT molecular complexity index is 142. The summed E-state index contributed by atoms with van der Waals surface area (Å²) >= 11 is 0. The summed E-state index contributed by atoms with van der Waals surface area (Å²) in [5.74, 6) is 0.996. The third-order valence-corrected chi connectivity index (χ3v) is 2.80. The Balaban J connectivity index is 1.46. The van der Waals surface area contributed by atoms with Gasteiger partial charge in [-0.05, 0) is 38.3 Å². The summed E-state index contributed by atoms with van der Waals surface area (Å²) in [5, 5.41) is 6.96. The summed E-state index contributed by atoms with van der Waals surface area (Å²) in [5.41, 5.74) is 0. The smallest absolute Gasteiger partial charge is 0.0620 e. The van der Waals surface area contributed by atoms with Gasteiger partial charge in [0.25, 0.3) is 0 Å². The Morgan fingerprint density at radius 1 is 1.38 bits per heavy atom. The SMILES string of the molecule is C(CC1COCCN1)NCC1CC1. The fourth-order valence-electron chi connectivity index (χ4n) is 1.71.